The van der Waals surface area contributed by atoms with Gasteiger partial charge < -0.3 is 9.90 Å². The molecule has 7 heteroatoms. The summed E-state index contributed by atoms with van der Waals surface area (Å²) in [5, 5.41) is 10.5. The molecule has 1 saturated heterocycles. The number of hydrogen-bond acceptors (Lipinski definition) is 4. The van der Waals surface area contributed by atoms with Crippen molar-refractivity contribution in [2.45, 2.75) is 38.6 Å². The summed E-state index contributed by atoms with van der Waals surface area (Å²) in [6.45, 7) is 2.28. The van der Waals surface area contributed by atoms with Crippen LogP contribution in [0.5, 0.6) is 0 Å². The van der Waals surface area contributed by atoms with Gasteiger partial charge in [0.05, 0.1) is 0 Å². The lowest BCUT2D eigenvalue weighted by Crippen LogP contribution is -2.96. The number of carboxylic acids is 1. The van der Waals surface area contributed by atoms with E-state index in [2.05, 4.69) is 0 Å². The SMILES string of the molecule is C[C@H]([NH2+]S(=O)(=O)N1CCCCCC1)C(=O)[O-]. The van der Waals surface area contributed by atoms with Crippen LogP contribution in [0.15, 0.2) is 0 Å². The molecule has 2 N–H and O–H groups in total. The van der Waals surface area contributed by atoms with Crippen LogP contribution in [0.1, 0.15) is 32.6 Å². The summed E-state index contributed by atoms with van der Waals surface area (Å²) in [6.07, 6.45) is 3.74. The van der Waals surface area contributed by atoms with Crippen LogP contribution in [0.25, 0.3) is 0 Å². The molecular formula is C9H18N2O4S. The van der Waals surface area contributed by atoms with Crippen molar-refractivity contribution >= 4 is 16.2 Å². The summed E-state index contributed by atoms with van der Waals surface area (Å²) in [6, 6.07) is -1.08. The van der Waals surface area contributed by atoms with Gasteiger partial charge in [0.2, 0.25) is 0 Å². The van der Waals surface area contributed by atoms with Crippen molar-refractivity contribution in [1.82, 2.24) is 4.31 Å². The molecule has 1 atom stereocenters. The van der Waals surface area contributed by atoms with E-state index in [-0.39, 0.29) is 0 Å². The highest BCUT2D eigenvalue weighted by Gasteiger charge is 2.28. The summed E-state index contributed by atoms with van der Waals surface area (Å²) in [4.78, 5) is 10.5. The lowest BCUT2D eigenvalue weighted by atomic mass is 10.2. The zero-order valence-electron chi connectivity index (χ0n) is 9.39. The van der Waals surface area contributed by atoms with Crippen LogP contribution in [-0.4, -0.2) is 37.8 Å². The Kier molecular flexibility index (Phi) is 4.69. The Morgan fingerprint density at radius 1 is 1.25 bits per heavy atom. The fraction of sp³-hybridized carbons (Fsp3) is 0.889. The maximum Gasteiger partial charge on any atom is 0.369 e. The minimum Gasteiger partial charge on any atom is -0.544 e. The normalized spacial score (nSPS) is 21.3. The second-order valence-electron chi connectivity index (χ2n) is 4.10. The summed E-state index contributed by atoms with van der Waals surface area (Å²) in [7, 11) is -3.56. The second kappa shape index (κ2) is 5.60. The van der Waals surface area contributed by atoms with Gasteiger partial charge in [-0.1, -0.05) is 12.8 Å². The number of nitrogens with two attached hydrogens (primary N) is 1. The maximum atomic E-state index is 11.8. The van der Waals surface area contributed by atoms with Gasteiger partial charge in [-0.2, -0.15) is 12.7 Å². The Balaban J connectivity index is 2.64. The Hall–Kier alpha value is -0.660. The third kappa shape index (κ3) is 3.73. The fourth-order valence-electron chi connectivity index (χ4n) is 1.70. The lowest BCUT2D eigenvalue weighted by molar-refractivity contribution is -0.540. The molecule has 6 nitrogen and oxygen atoms in total. The summed E-state index contributed by atoms with van der Waals surface area (Å²) < 4.78 is 25.9. The predicted molar refractivity (Wildman–Crippen MR) is 55.4 cm³/mol. The Bertz CT molecular complexity index is 333. The first-order valence-corrected chi connectivity index (χ1v) is 6.99. The van der Waals surface area contributed by atoms with Crippen LogP contribution in [-0.2, 0) is 15.0 Å². The molecule has 0 radical (unpaired) electrons. The van der Waals surface area contributed by atoms with Gasteiger partial charge in [0.1, 0.15) is 12.0 Å². The molecule has 0 aromatic rings. The molecule has 0 aliphatic carbocycles. The van der Waals surface area contributed by atoms with Crippen molar-refractivity contribution in [2.75, 3.05) is 13.1 Å². The Labute approximate surface area is 95.8 Å². The van der Waals surface area contributed by atoms with Crippen LogP contribution in [0.4, 0.5) is 0 Å². The minimum atomic E-state index is -3.56. The molecule has 16 heavy (non-hydrogen) atoms. The zero-order valence-corrected chi connectivity index (χ0v) is 10.2. The largest absolute Gasteiger partial charge is 0.544 e. The van der Waals surface area contributed by atoms with Crippen molar-refractivity contribution in [1.29, 1.82) is 0 Å². The van der Waals surface area contributed by atoms with Gasteiger partial charge in [0, 0.05) is 13.1 Å². The monoisotopic (exact) mass is 250 g/mol. The molecule has 0 spiro atoms. The average Bonchev–Trinajstić information content (AvgIpc) is 2.45. The minimum absolute atomic E-state index is 0.485. The first kappa shape index (κ1) is 13.4. The van der Waals surface area contributed by atoms with Crippen LogP contribution in [0.2, 0.25) is 0 Å². The molecule has 1 fully saturated rings. The van der Waals surface area contributed by atoms with Gasteiger partial charge in [-0.25, -0.2) is 4.72 Å². The summed E-state index contributed by atoms with van der Waals surface area (Å²) >= 11 is 0. The number of rotatable bonds is 4. The van der Waals surface area contributed by atoms with E-state index < -0.39 is 22.2 Å². The molecule has 1 rings (SSSR count). The Morgan fingerprint density at radius 2 is 1.75 bits per heavy atom. The molecule has 0 unspecified atom stereocenters. The highest BCUT2D eigenvalue weighted by Crippen LogP contribution is 2.10. The van der Waals surface area contributed by atoms with E-state index in [0.29, 0.717) is 13.1 Å². The van der Waals surface area contributed by atoms with Gasteiger partial charge in [0.15, 0.2) is 0 Å². The first-order valence-electron chi connectivity index (χ1n) is 5.49. The van der Waals surface area contributed by atoms with Crippen LogP contribution in [0.3, 0.4) is 0 Å². The number of hydrogen-bond donors (Lipinski definition) is 1. The van der Waals surface area contributed by atoms with E-state index in [4.69, 9.17) is 0 Å². The third-order valence-electron chi connectivity index (χ3n) is 2.67. The number of nitrogens with zero attached hydrogens (tertiary/aromatic N) is 1. The summed E-state index contributed by atoms with van der Waals surface area (Å²) in [5.41, 5.74) is 0. The van der Waals surface area contributed by atoms with E-state index in [9.17, 15) is 18.3 Å². The first-order chi connectivity index (χ1) is 7.43. The van der Waals surface area contributed by atoms with Gasteiger partial charge in [-0.05, 0) is 19.8 Å². The van der Waals surface area contributed by atoms with Gasteiger partial charge in [-0.15, -0.1) is 0 Å². The van der Waals surface area contributed by atoms with Gasteiger partial charge in [0.25, 0.3) is 0 Å². The van der Waals surface area contributed by atoms with Crippen molar-refractivity contribution in [2.24, 2.45) is 0 Å². The van der Waals surface area contributed by atoms with E-state index in [1.165, 1.54) is 11.2 Å². The lowest BCUT2D eigenvalue weighted by Gasteiger charge is -2.20. The zero-order chi connectivity index (χ0) is 12.2. The van der Waals surface area contributed by atoms with Crippen molar-refractivity contribution < 1.29 is 23.0 Å². The molecule has 94 valence electrons. The highest BCUT2D eigenvalue weighted by atomic mass is 32.2. The number of quaternary nitrogens is 1. The molecular weight excluding hydrogens is 232 g/mol. The molecule has 0 amide bonds. The smallest absolute Gasteiger partial charge is 0.369 e. The van der Waals surface area contributed by atoms with Crippen molar-refractivity contribution in [3.63, 3.8) is 0 Å². The van der Waals surface area contributed by atoms with Gasteiger partial charge >= 0.3 is 10.2 Å². The van der Waals surface area contributed by atoms with Crippen LogP contribution >= 0.6 is 0 Å². The van der Waals surface area contributed by atoms with Gasteiger partial charge in [-0.3, -0.25) is 0 Å². The fourth-order valence-corrected chi connectivity index (χ4v) is 3.26. The van der Waals surface area contributed by atoms with E-state index in [1.807, 2.05) is 0 Å². The van der Waals surface area contributed by atoms with Crippen LogP contribution in [0, 0.1) is 0 Å². The number of aliphatic carboxylic acids is 1. The maximum absolute atomic E-state index is 11.8. The topological polar surface area (TPSA) is 94.1 Å². The predicted octanol–water partition coefficient (Wildman–Crippen LogP) is -2.19. The number of carbonyl (C=O) groups is 1. The van der Waals surface area contributed by atoms with Crippen molar-refractivity contribution in [3.05, 3.63) is 0 Å². The molecule has 0 bridgehead atoms. The quantitative estimate of drug-likeness (QED) is 0.613. The van der Waals surface area contributed by atoms with E-state index in [0.717, 1.165) is 30.4 Å². The second-order valence-corrected chi connectivity index (χ2v) is 5.92. The average molecular weight is 250 g/mol. The van der Waals surface area contributed by atoms with Crippen LogP contribution < -0.4 is 9.83 Å². The Morgan fingerprint density at radius 3 is 2.19 bits per heavy atom. The molecule has 0 aromatic carbocycles. The standard InChI is InChI=1S/C9H18N2O4S/c1-8(9(12)13)10-16(14,15)11-6-4-2-3-5-7-11/h8,10H,2-7H2,1H3,(H,12,13)/t8-/m0/s1. The molecule has 0 aromatic heterocycles. The molecule has 1 aliphatic rings. The number of carbonyl (C=O) groups excluding carboxylic acids is 1. The van der Waals surface area contributed by atoms with E-state index >= 15 is 0 Å². The molecule has 1 aliphatic heterocycles. The molecule has 0 saturated carbocycles. The molecule has 1 heterocycles. The number of carboxylic acid groups (broad SMARTS) is 1. The highest BCUT2D eigenvalue weighted by molar-refractivity contribution is 7.82. The van der Waals surface area contributed by atoms with E-state index in [1.54, 1.807) is 0 Å². The third-order valence-corrected chi connectivity index (χ3v) is 4.51. The van der Waals surface area contributed by atoms with Crippen molar-refractivity contribution in [3.8, 4) is 0 Å². The summed E-state index contributed by atoms with van der Waals surface area (Å²) in [5.74, 6) is -1.36.